The van der Waals surface area contributed by atoms with Gasteiger partial charge in [-0.1, -0.05) is 29.8 Å². The summed E-state index contributed by atoms with van der Waals surface area (Å²) in [6.07, 6.45) is 0. The lowest BCUT2D eigenvalue weighted by atomic mass is 10.1. The zero-order chi connectivity index (χ0) is 16.1. The standard InChI is InChI=1S/C18H22N2O2.ClH/c1-12-5-4-6-15(9-12)11-22-16-7-8-17(13(2)10-16)20-18(21)14(3)19;/h4-10,14H,11,19H2,1-3H3,(H,20,21);1H/t14-;/m1./s1. The highest BCUT2D eigenvalue weighted by Gasteiger charge is 2.09. The molecule has 0 spiro atoms. The molecule has 0 aliphatic rings. The lowest BCUT2D eigenvalue weighted by Crippen LogP contribution is -2.32. The Morgan fingerprint density at radius 2 is 1.96 bits per heavy atom. The van der Waals surface area contributed by atoms with E-state index in [1.54, 1.807) is 6.92 Å². The van der Waals surface area contributed by atoms with Crippen molar-refractivity contribution in [3.05, 3.63) is 59.2 Å². The first-order valence-corrected chi connectivity index (χ1v) is 7.31. The number of nitrogens with two attached hydrogens (primary N) is 1. The number of anilines is 1. The van der Waals surface area contributed by atoms with Crippen LogP contribution in [0.2, 0.25) is 0 Å². The lowest BCUT2D eigenvalue weighted by Gasteiger charge is -2.13. The van der Waals surface area contributed by atoms with Gasteiger partial charge in [-0.25, -0.2) is 0 Å². The second-order valence-electron chi connectivity index (χ2n) is 5.53. The van der Waals surface area contributed by atoms with Crippen molar-refractivity contribution >= 4 is 24.0 Å². The van der Waals surface area contributed by atoms with Crippen LogP contribution in [-0.4, -0.2) is 11.9 Å². The van der Waals surface area contributed by atoms with Crippen molar-refractivity contribution in [3.8, 4) is 5.75 Å². The largest absolute Gasteiger partial charge is 0.489 e. The Balaban J connectivity index is 0.00000264. The minimum atomic E-state index is -0.531. The molecule has 0 bridgehead atoms. The number of benzene rings is 2. The Bertz CT molecular complexity index is 672. The number of halogens is 1. The highest BCUT2D eigenvalue weighted by Crippen LogP contribution is 2.22. The van der Waals surface area contributed by atoms with Crippen molar-refractivity contribution in [1.82, 2.24) is 0 Å². The third-order valence-electron chi connectivity index (χ3n) is 3.36. The van der Waals surface area contributed by atoms with Crippen LogP contribution in [0.3, 0.4) is 0 Å². The minimum Gasteiger partial charge on any atom is -0.489 e. The summed E-state index contributed by atoms with van der Waals surface area (Å²) in [5.74, 6) is 0.578. The monoisotopic (exact) mass is 334 g/mol. The van der Waals surface area contributed by atoms with Crippen molar-refractivity contribution in [2.75, 3.05) is 5.32 Å². The van der Waals surface area contributed by atoms with Gasteiger partial charge in [0, 0.05) is 5.69 Å². The molecule has 0 saturated carbocycles. The van der Waals surface area contributed by atoms with E-state index in [-0.39, 0.29) is 18.3 Å². The van der Waals surface area contributed by atoms with Crippen molar-refractivity contribution in [3.63, 3.8) is 0 Å². The molecule has 0 fully saturated rings. The van der Waals surface area contributed by atoms with Crippen LogP contribution in [0, 0.1) is 13.8 Å². The Morgan fingerprint density at radius 1 is 1.22 bits per heavy atom. The average molecular weight is 335 g/mol. The van der Waals surface area contributed by atoms with Crippen LogP contribution in [0.25, 0.3) is 0 Å². The summed E-state index contributed by atoms with van der Waals surface area (Å²) in [6, 6.07) is 13.3. The molecule has 1 amide bonds. The second-order valence-corrected chi connectivity index (χ2v) is 5.53. The topological polar surface area (TPSA) is 64.3 Å². The molecule has 23 heavy (non-hydrogen) atoms. The van der Waals surface area contributed by atoms with Crippen LogP contribution in [0.1, 0.15) is 23.6 Å². The number of amides is 1. The zero-order valence-electron chi connectivity index (χ0n) is 13.6. The smallest absolute Gasteiger partial charge is 0.241 e. The quantitative estimate of drug-likeness (QED) is 0.878. The van der Waals surface area contributed by atoms with Crippen LogP contribution in [0.5, 0.6) is 5.75 Å². The predicted octanol–water partition coefficient (Wildman–Crippen LogP) is 3.59. The molecule has 0 heterocycles. The molecule has 2 aromatic rings. The first-order valence-electron chi connectivity index (χ1n) is 7.31. The first kappa shape index (κ1) is 19.0. The fourth-order valence-electron chi connectivity index (χ4n) is 2.08. The highest BCUT2D eigenvalue weighted by molar-refractivity contribution is 5.95. The Morgan fingerprint density at radius 3 is 2.57 bits per heavy atom. The number of aryl methyl sites for hydroxylation is 2. The average Bonchev–Trinajstić information content (AvgIpc) is 2.47. The molecule has 0 aliphatic carbocycles. The van der Waals surface area contributed by atoms with E-state index in [2.05, 4.69) is 24.4 Å². The normalized spacial score (nSPS) is 11.3. The summed E-state index contributed by atoms with van der Waals surface area (Å²) in [6.45, 7) is 6.16. The van der Waals surface area contributed by atoms with Gasteiger partial charge in [-0.05, 0) is 50.1 Å². The summed E-state index contributed by atoms with van der Waals surface area (Å²) in [7, 11) is 0. The maximum Gasteiger partial charge on any atom is 0.241 e. The van der Waals surface area contributed by atoms with Gasteiger partial charge in [-0.2, -0.15) is 0 Å². The maximum absolute atomic E-state index is 11.6. The molecule has 0 aliphatic heterocycles. The summed E-state index contributed by atoms with van der Waals surface area (Å²) in [5.41, 5.74) is 9.59. The number of carbonyl (C=O) groups is 1. The van der Waals surface area contributed by atoms with E-state index < -0.39 is 6.04 Å². The number of rotatable bonds is 5. The highest BCUT2D eigenvalue weighted by atomic mass is 35.5. The third kappa shape index (κ3) is 5.58. The van der Waals surface area contributed by atoms with Crippen LogP contribution < -0.4 is 15.8 Å². The number of hydrogen-bond acceptors (Lipinski definition) is 3. The molecule has 0 unspecified atom stereocenters. The number of hydrogen-bond donors (Lipinski definition) is 2. The molecule has 0 saturated heterocycles. The van der Waals surface area contributed by atoms with Gasteiger partial charge in [0.1, 0.15) is 12.4 Å². The van der Waals surface area contributed by atoms with Gasteiger partial charge in [-0.15, -0.1) is 12.4 Å². The van der Waals surface area contributed by atoms with Crippen LogP contribution >= 0.6 is 12.4 Å². The summed E-state index contributed by atoms with van der Waals surface area (Å²) >= 11 is 0. The van der Waals surface area contributed by atoms with Crippen LogP contribution in [0.4, 0.5) is 5.69 Å². The fraction of sp³-hybridized carbons (Fsp3) is 0.278. The SMILES string of the molecule is Cc1cccc(COc2ccc(NC(=O)[C@@H](C)N)c(C)c2)c1.Cl. The minimum absolute atomic E-state index is 0. The summed E-state index contributed by atoms with van der Waals surface area (Å²) in [4.78, 5) is 11.6. The van der Waals surface area contributed by atoms with Gasteiger partial charge in [-0.3, -0.25) is 4.79 Å². The number of ether oxygens (including phenoxy) is 1. The van der Waals surface area contributed by atoms with Gasteiger partial charge >= 0.3 is 0 Å². The van der Waals surface area contributed by atoms with E-state index in [1.807, 2.05) is 37.3 Å². The van der Waals surface area contributed by atoms with E-state index in [1.165, 1.54) is 5.56 Å². The molecule has 2 aromatic carbocycles. The number of nitrogens with one attached hydrogen (secondary N) is 1. The van der Waals surface area contributed by atoms with Gasteiger partial charge in [0.25, 0.3) is 0 Å². The van der Waals surface area contributed by atoms with E-state index in [0.29, 0.717) is 6.61 Å². The Kier molecular flexibility index (Phi) is 7.07. The van der Waals surface area contributed by atoms with E-state index in [4.69, 9.17) is 10.5 Å². The molecule has 1 atom stereocenters. The second kappa shape index (κ2) is 8.56. The van der Waals surface area contributed by atoms with Gasteiger partial charge in [0.05, 0.1) is 6.04 Å². The van der Waals surface area contributed by atoms with Gasteiger partial charge in [0.15, 0.2) is 0 Å². The van der Waals surface area contributed by atoms with Crippen LogP contribution in [0.15, 0.2) is 42.5 Å². The van der Waals surface area contributed by atoms with Gasteiger partial charge in [0.2, 0.25) is 5.91 Å². The third-order valence-corrected chi connectivity index (χ3v) is 3.36. The molecule has 0 aromatic heterocycles. The maximum atomic E-state index is 11.6. The van der Waals surface area contributed by atoms with Crippen molar-refractivity contribution in [1.29, 1.82) is 0 Å². The molecule has 5 heteroatoms. The lowest BCUT2D eigenvalue weighted by molar-refractivity contribution is -0.117. The van der Waals surface area contributed by atoms with E-state index in [9.17, 15) is 4.79 Å². The first-order chi connectivity index (χ1) is 10.5. The number of carbonyl (C=O) groups excluding carboxylic acids is 1. The molecule has 3 N–H and O–H groups in total. The Hall–Kier alpha value is -2.04. The predicted molar refractivity (Wildman–Crippen MR) is 96.2 cm³/mol. The van der Waals surface area contributed by atoms with Crippen molar-refractivity contribution in [2.24, 2.45) is 5.73 Å². The molecule has 2 rings (SSSR count). The van der Waals surface area contributed by atoms with Gasteiger partial charge < -0.3 is 15.8 Å². The van der Waals surface area contributed by atoms with E-state index in [0.717, 1.165) is 22.6 Å². The molecule has 0 radical (unpaired) electrons. The van der Waals surface area contributed by atoms with Crippen molar-refractivity contribution in [2.45, 2.75) is 33.4 Å². The van der Waals surface area contributed by atoms with Crippen LogP contribution in [-0.2, 0) is 11.4 Å². The molecular formula is C18H23ClN2O2. The fourth-order valence-corrected chi connectivity index (χ4v) is 2.08. The summed E-state index contributed by atoms with van der Waals surface area (Å²) in [5, 5.41) is 2.80. The van der Waals surface area contributed by atoms with E-state index >= 15 is 0 Å². The Labute approximate surface area is 143 Å². The zero-order valence-corrected chi connectivity index (χ0v) is 14.4. The summed E-state index contributed by atoms with van der Waals surface area (Å²) < 4.78 is 5.80. The molecule has 4 nitrogen and oxygen atoms in total. The molecule has 124 valence electrons. The van der Waals surface area contributed by atoms with Crippen molar-refractivity contribution < 1.29 is 9.53 Å². The molecular weight excluding hydrogens is 312 g/mol.